The summed E-state index contributed by atoms with van der Waals surface area (Å²) in [6, 6.07) is 0. The molecule has 374 valence electrons. The summed E-state index contributed by atoms with van der Waals surface area (Å²) in [6.07, 6.45) is 0. The highest BCUT2D eigenvalue weighted by atomic mass is 16.6. The van der Waals surface area contributed by atoms with Crippen LogP contribution >= 0.6 is 0 Å². The van der Waals surface area contributed by atoms with Gasteiger partial charge in [0, 0.05) is 13.2 Å². The van der Waals surface area contributed by atoms with Crippen LogP contribution in [0.5, 0.6) is 0 Å². The summed E-state index contributed by atoms with van der Waals surface area (Å²) in [4.78, 5) is 34.7. The highest BCUT2D eigenvalue weighted by Crippen LogP contribution is 2.96. The zero-order valence-corrected chi connectivity index (χ0v) is 43.8. The van der Waals surface area contributed by atoms with Gasteiger partial charge >= 0.3 is 11.9 Å². The fourth-order valence-electron chi connectivity index (χ4n) is 26.6. The molecule has 0 heterocycles. The van der Waals surface area contributed by atoms with Crippen LogP contribution in [0.15, 0.2) is 0 Å². The van der Waals surface area contributed by atoms with E-state index >= 15 is 9.59 Å². The van der Waals surface area contributed by atoms with Crippen molar-refractivity contribution in [3.63, 3.8) is 0 Å². The third kappa shape index (κ3) is 2.21. The Morgan fingerprint density at radius 3 is 0.530 bits per heavy atom. The number of carbonyl (C=O) groups excluding carboxylic acids is 2. The van der Waals surface area contributed by atoms with Gasteiger partial charge in [-0.25, -0.2) is 0 Å². The van der Waals surface area contributed by atoms with Gasteiger partial charge in [0.05, 0.1) is 50.5 Å². The number of esters is 2. The van der Waals surface area contributed by atoms with Crippen molar-refractivity contribution in [1.29, 1.82) is 0 Å². The van der Waals surface area contributed by atoms with Crippen LogP contribution in [0, 0.1) is 5.41 Å². The minimum atomic E-state index is -1.83. The van der Waals surface area contributed by atoms with Crippen molar-refractivity contribution >= 4 is 303 Å². The molecule has 0 N–H and O–H groups in total. The second-order valence-corrected chi connectivity index (χ2v) is 27.9. The predicted octanol–water partition coefficient (Wildman–Crippen LogP) is 16.5. The number of hydrogen-bond acceptors (Lipinski definition) is 8. The summed E-state index contributed by atoms with van der Waals surface area (Å²) in [6.45, 7) is 7.24. The standard InChI is InChI=1S/C75H26O8/c1-3-78-5-7-80-9-11-82-71(76)75(72(77)83-12-10-81-8-6-79-4-2)73-67-59-51-41-31-23-15-13-14-17-21-19(15)27-35-29(21)39-33-25(17)26-18(14)22-20-16(13)24(23)32-38-28(20)36-30(22)40-34(26)44-43(33)53-47(39)57-49(35)55(45(51)37(27)31)63(67)65(57)69-61(53)62-54(44)48(40)58-50(36)56-46(38)52(42(32)41)60(59)68(73)64(56)66(58)70(62)74(69,73)75/h3-12H2,1-2H3. The molecule has 0 bridgehead atoms. The Bertz CT molecular complexity index is 6970. The molecule has 0 atom stereocenters. The lowest BCUT2D eigenvalue weighted by Crippen LogP contribution is -2.39. The Kier molecular flexibility index (Phi) is 3.93. The molecule has 2 spiro atoms. The molecule has 1 saturated carbocycles. The quantitative estimate of drug-likeness (QED) is 0.0409. The van der Waals surface area contributed by atoms with Crippen LogP contribution in [0.25, 0.3) is 291 Å². The molecule has 28 aromatic rings. The second kappa shape index (κ2) is 9.07. The molecule has 0 radical (unpaired) electrons. The van der Waals surface area contributed by atoms with E-state index in [1.54, 1.807) is 32.3 Å². The molecule has 0 saturated heterocycles. The Labute approximate surface area is 456 Å². The normalized spacial score (nSPS) is 18.8. The molecular formula is C75H26O8. The lowest BCUT2D eigenvalue weighted by molar-refractivity contribution is -0.168. The van der Waals surface area contributed by atoms with Gasteiger partial charge in [-0.2, -0.15) is 0 Å². The summed E-state index contributed by atoms with van der Waals surface area (Å²) in [5.74, 6) is -0.966. The summed E-state index contributed by atoms with van der Waals surface area (Å²) in [5, 5.41) is 78.5. The topological polar surface area (TPSA) is 89.5 Å². The SMILES string of the molecule is CCOCCOCCOC(=O)C1(C(=O)OCCOCCOCC)C23c4c5c6c7c8c9c(c%10c%11c2c2c4c4c%12c5c5c6c6c8c8c%13c9c9c%10c%10c%11c%11c2c2c4c4c%12c%12c5c5c6c8c6c8c%13c9c9c%10c%10c%11c2c2c4c4c%12c5c6c5c8c9c%10c2c45)C713. The summed E-state index contributed by atoms with van der Waals surface area (Å²) < 4.78 is 37.6. The van der Waals surface area contributed by atoms with E-state index in [2.05, 4.69) is 0 Å². The maximum absolute atomic E-state index is 17.3. The first-order valence-corrected chi connectivity index (χ1v) is 30.6. The number of rotatable bonds is 16. The monoisotopic (exact) mass is 1050 g/mol. The molecule has 8 heteroatoms. The van der Waals surface area contributed by atoms with Crippen LogP contribution in [-0.2, 0) is 48.8 Å². The predicted molar refractivity (Wildman–Crippen MR) is 333 cm³/mol. The fraction of sp³-hybridized carbons (Fsp3) is 0.200. The molecule has 5 aliphatic carbocycles. The summed E-state index contributed by atoms with van der Waals surface area (Å²) in [5.41, 5.74) is 0.714. The Morgan fingerprint density at radius 1 is 0.217 bits per heavy atom. The third-order valence-electron chi connectivity index (χ3n) is 27.1. The van der Waals surface area contributed by atoms with Crippen LogP contribution in [0.4, 0.5) is 0 Å². The largest absolute Gasteiger partial charge is 0.462 e. The Hall–Kier alpha value is -8.76. The maximum Gasteiger partial charge on any atom is 0.326 e. The highest BCUT2D eigenvalue weighted by molar-refractivity contribution is 6.82. The molecule has 0 aliphatic heterocycles. The van der Waals surface area contributed by atoms with E-state index in [0.29, 0.717) is 39.6 Å². The Morgan fingerprint density at radius 2 is 0.361 bits per heavy atom. The highest BCUT2D eigenvalue weighted by Gasteiger charge is 3.01. The lowest BCUT2D eigenvalue weighted by Gasteiger charge is -2.32. The van der Waals surface area contributed by atoms with Gasteiger partial charge in [0.25, 0.3) is 0 Å². The van der Waals surface area contributed by atoms with Crippen molar-refractivity contribution in [2.24, 2.45) is 5.41 Å². The van der Waals surface area contributed by atoms with E-state index < -0.39 is 28.2 Å². The average molecular weight is 1060 g/mol. The van der Waals surface area contributed by atoms with Crippen LogP contribution in [0.3, 0.4) is 0 Å². The summed E-state index contributed by atoms with van der Waals surface area (Å²) >= 11 is 0. The van der Waals surface area contributed by atoms with E-state index in [1.165, 1.54) is 281 Å². The van der Waals surface area contributed by atoms with Gasteiger partial charge in [-0.15, -0.1) is 0 Å². The lowest BCUT2D eigenvalue weighted by atomic mass is 9.68. The van der Waals surface area contributed by atoms with E-state index in [9.17, 15) is 0 Å². The first kappa shape index (κ1) is 36.0. The molecule has 0 aromatic heterocycles. The number of carbonyl (C=O) groups is 2. The van der Waals surface area contributed by atoms with Crippen LogP contribution in [0.2, 0.25) is 0 Å². The first-order valence-electron chi connectivity index (χ1n) is 30.6. The first-order chi connectivity index (χ1) is 41.2. The van der Waals surface area contributed by atoms with Crippen molar-refractivity contribution in [2.45, 2.75) is 24.7 Å². The van der Waals surface area contributed by atoms with E-state index in [1.807, 2.05) is 13.8 Å². The molecule has 33 rings (SSSR count). The van der Waals surface area contributed by atoms with Crippen molar-refractivity contribution in [2.75, 3.05) is 66.1 Å². The van der Waals surface area contributed by atoms with Crippen LogP contribution in [0.1, 0.15) is 36.1 Å². The van der Waals surface area contributed by atoms with Crippen molar-refractivity contribution in [3.05, 3.63) is 22.3 Å². The van der Waals surface area contributed by atoms with Gasteiger partial charge in [0.15, 0.2) is 5.41 Å². The zero-order valence-electron chi connectivity index (χ0n) is 43.8. The van der Waals surface area contributed by atoms with Gasteiger partial charge < -0.3 is 28.4 Å². The van der Waals surface area contributed by atoms with Gasteiger partial charge in [-0.1, -0.05) is 0 Å². The van der Waals surface area contributed by atoms with Gasteiger partial charge in [0.2, 0.25) is 0 Å². The van der Waals surface area contributed by atoms with E-state index in [4.69, 9.17) is 28.4 Å². The minimum absolute atomic E-state index is 0.00558. The van der Waals surface area contributed by atoms with E-state index in [0.717, 1.165) is 0 Å². The van der Waals surface area contributed by atoms with Crippen molar-refractivity contribution < 1.29 is 38.0 Å². The van der Waals surface area contributed by atoms with Gasteiger partial charge in [-0.3, -0.25) is 9.59 Å². The molecule has 83 heavy (non-hydrogen) atoms. The fourth-order valence-corrected chi connectivity index (χ4v) is 26.6. The molecule has 0 unspecified atom stereocenters. The molecule has 28 aromatic carbocycles. The van der Waals surface area contributed by atoms with Gasteiger partial charge in [0.1, 0.15) is 13.2 Å². The second-order valence-electron chi connectivity index (χ2n) is 27.9. The smallest absolute Gasteiger partial charge is 0.326 e. The van der Waals surface area contributed by atoms with Crippen LogP contribution in [-0.4, -0.2) is 78.0 Å². The molecular weight excluding hydrogens is 1030 g/mol. The minimum Gasteiger partial charge on any atom is -0.462 e. The third-order valence-corrected chi connectivity index (χ3v) is 27.1. The molecule has 1 fully saturated rings. The average Bonchev–Trinajstić information content (AvgIpc) is 1.36. The molecule has 8 nitrogen and oxygen atoms in total. The number of benzene rings is 18. The van der Waals surface area contributed by atoms with Gasteiger partial charge in [-0.05, 0) is 327 Å². The number of ether oxygens (including phenoxy) is 6. The Balaban J connectivity index is 0.930. The molecule has 0 amide bonds. The van der Waals surface area contributed by atoms with Crippen LogP contribution < -0.4 is 0 Å². The van der Waals surface area contributed by atoms with Crippen molar-refractivity contribution in [1.82, 2.24) is 0 Å². The maximum atomic E-state index is 17.3. The van der Waals surface area contributed by atoms with Crippen molar-refractivity contribution in [3.8, 4) is 0 Å². The summed E-state index contributed by atoms with van der Waals surface area (Å²) in [7, 11) is 0. The molecule has 5 aliphatic rings. The number of hydrogen-bond donors (Lipinski definition) is 0. The zero-order chi connectivity index (χ0) is 51.5. The van der Waals surface area contributed by atoms with E-state index in [-0.39, 0.29) is 26.4 Å².